The Morgan fingerprint density at radius 3 is 2.40 bits per heavy atom. The fourth-order valence-corrected chi connectivity index (χ4v) is 1.72. The molecule has 0 saturated heterocycles. The molecule has 0 heterocycles. The number of thiocarbonyl (C=S) groups is 1. The molecule has 0 aliphatic rings. The zero-order valence-corrected chi connectivity index (χ0v) is 11.3. The lowest BCUT2D eigenvalue weighted by Gasteiger charge is -2.13. The molecule has 1 amide bonds. The van der Waals surface area contributed by atoms with Crippen LogP contribution in [0.3, 0.4) is 0 Å². The Morgan fingerprint density at radius 2 is 1.95 bits per heavy atom. The number of carbonyl (C=O) groups excluding carboxylic acids is 1. The topological polar surface area (TPSA) is 64.3 Å². The first-order valence-electron chi connectivity index (χ1n) is 5.62. The molecule has 0 bridgehead atoms. The molecule has 110 valence electrons. The highest BCUT2D eigenvalue weighted by Gasteiger charge is 2.31. The molecule has 0 fully saturated rings. The average Bonchev–Trinajstić information content (AvgIpc) is 2.26. The summed E-state index contributed by atoms with van der Waals surface area (Å²) in [6.45, 7) is 1.72. The maximum absolute atomic E-state index is 12.0. The van der Waals surface area contributed by atoms with E-state index in [0.717, 1.165) is 12.1 Å². The van der Waals surface area contributed by atoms with Crippen molar-refractivity contribution < 1.29 is 22.7 Å². The zero-order chi connectivity index (χ0) is 15.3. The molecule has 0 spiro atoms. The molecule has 1 aromatic rings. The highest BCUT2D eigenvalue weighted by molar-refractivity contribution is 7.80. The molecule has 0 radical (unpaired) electrons. The minimum Gasteiger partial charge on any atom is -0.406 e. The molecule has 0 aromatic heterocycles. The fraction of sp³-hybridized carbons (Fsp3) is 0.333. The average molecular weight is 306 g/mol. The van der Waals surface area contributed by atoms with E-state index < -0.39 is 12.3 Å². The SMILES string of the molecule is CC(CC(N)=S)NC(=O)c1ccc(OC(F)(F)F)cc1. The van der Waals surface area contributed by atoms with Crippen LogP contribution in [0, 0.1) is 0 Å². The van der Waals surface area contributed by atoms with Gasteiger partial charge in [-0.3, -0.25) is 4.79 Å². The van der Waals surface area contributed by atoms with E-state index in [0.29, 0.717) is 6.42 Å². The molecule has 0 aliphatic carbocycles. The number of alkyl halides is 3. The molecule has 1 unspecified atom stereocenters. The summed E-state index contributed by atoms with van der Waals surface area (Å²) < 4.78 is 39.6. The van der Waals surface area contributed by atoms with Crippen molar-refractivity contribution in [2.24, 2.45) is 5.73 Å². The van der Waals surface area contributed by atoms with E-state index in [1.807, 2.05) is 0 Å². The maximum atomic E-state index is 12.0. The van der Waals surface area contributed by atoms with Gasteiger partial charge in [0.1, 0.15) is 5.75 Å². The number of benzene rings is 1. The van der Waals surface area contributed by atoms with Gasteiger partial charge < -0.3 is 15.8 Å². The third kappa shape index (κ3) is 5.87. The summed E-state index contributed by atoms with van der Waals surface area (Å²) in [4.78, 5) is 12.0. The van der Waals surface area contributed by atoms with Gasteiger partial charge in [-0.1, -0.05) is 12.2 Å². The van der Waals surface area contributed by atoms with E-state index in [2.05, 4.69) is 10.1 Å². The van der Waals surface area contributed by atoms with Gasteiger partial charge >= 0.3 is 6.36 Å². The summed E-state index contributed by atoms with van der Waals surface area (Å²) in [6, 6.07) is 4.36. The van der Waals surface area contributed by atoms with E-state index >= 15 is 0 Å². The standard InChI is InChI=1S/C12H13F3N2O2S/c1-7(6-10(16)20)17-11(18)8-2-4-9(5-3-8)19-12(13,14)15/h2-5,7H,6H2,1H3,(H2,16,20)(H,17,18). The van der Waals surface area contributed by atoms with Crippen molar-refractivity contribution in [2.75, 3.05) is 0 Å². The van der Waals surface area contributed by atoms with Crippen LogP contribution in [0.25, 0.3) is 0 Å². The van der Waals surface area contributed by atoms with Crippen LogP contribution in [0.4, 0.5) is 13.2 Å². The van der Waals surface area contributed by atoms with Crippen molar-refractivity contribution in [1.82, 2.24) is 5.32 Å². The van der Waals surface area contributed by atoms with Gasteiger partial charge in [0.05, 0.1) is 4.99 Å². The minimum absolute atomic E-state index is 0.217. The van der Waals surface area contributed by atoms with Crippen LogP contribution in [0.2, 0.25) is 0 Å². The number of hydrogen-bond donors (Lipinski definition) is 2. The van der Waals surface area contributed by atoms with Crippen LogP contribution in [-0.2, 0) is 0 Å². The predicted molar refractivity (Wildman–Crippen MR) is 71.5 cm³/mol. The summed E-state index contributed by atoms with van der Waals surface area (Å²) in [6.07, 6.45) is -4.41. The first-order chi connectivity index (χ1) is 9.17. The number of ether oxygens (including phenoxy) is 1. The van der Waals surface area contributed by atoms with Gasteiger partial charge in [0, 0.05) is 18.0 Å². The molecular formula is C12H13F3N2O2S. The normalized spacial score (nSPS) is 12.6. The number of amides is 1. The van der Waals surface area contributed by atoms with Crippen molar-refractivity contribution in [2.45, 2.75) is 25.7 Å². The van der Waals surface area contributed by atoms with Crippen molar-refractivity contribution in [3.8, 4) is 5.75 Å². The highest BCUT2D eigenvalue weighted by atomic mass is 32.1. The number of halogens is 3. The van der Waals surface area contributed by atoms with Crippen molar-refractivity contribution >= 4 is 23.1 Å². The second-order valence-electron chi connectivity index (χ2n) is 4.12. The van der Waals surface area contributed by atoms with Gasteiger partial charge in [-0.15, -0.1) is 13.2 Å². The minimum atomic E-state index is -4.75. The van der Waals surface area contributed by atoms with Gasteiger partial charge in [0.2, 0.25) is 0 Å². The molecule has 8 heteroatoms. The van der Waals surface area contributed by atoms with E-state index in [4.69, 9.17) is 18.0 Å². The summed E-state index contributed by atoms with van der Waals surface area (Å²) in [7, 11) is 0. The summed E-state index contributed by atoms with van der Waals surface area (Å²) in [5.41, 5.74) is 5.56. The smallest absolute Gasteiger partial charge is 0.406 e. The summed E-state index contributed by atoms with van der Waals surface area (Å²) >= 11 is 4.71. The Balaban J connectivity index is 2.64. The van der Waals surface area contributed by atoms with Crippen LogP contribution in [0.15, 0.2) is 24.3 Å². The van der Waals surface area contributed by atoms with Gasteiger partial charge in [-0.2, -0.15) is 0 Å². The van der Waals surface area contributed by atoms with Crippen molar-refractivity contribution in [3.05, 3.63) is 29.8 Å². The highest BCUT2D eigenvalue weighted by Crippen LogP contribution is 2.22. The Hall–Kier alpha value is -1.83. The first kappa shape index (κ1) is 16.2. The summed E-state index contributed by atoms with van der Waals surface area (Å²) in [5.74, 6) is -0.808. The van der Waals surface area contributed by atoms with Crippen LogP contribution in [-0.4, -0.2) is 23.3 Å². The Morgan fingerprint density at radius 1 is 1.40 bits per heavy atom. The number of carbonyl (C=O) groups is 1. The van der Waals surface area contributed by atoms with E-state index in [-0.39, 0.29) is 22.3 Å². The molecule has 1 aromatic carbocycles. The molecule has 0 aliphatic heterocycles. The molecule has 3 N–H and O–H groups in total. The molecule has 1 rings (SSSR count). The quantitative estimate of drug-likeness (QED) is 0.820. The van der Waals surface area contributed by atoms with Crippen LogP contribution < -0.4 is 15.8 Å². The van der Waals surface area contributed by atoms with Crippen molar-refractivity contribution in [1.29, 1.82) is 0 Å². The lowest BCUT2D eigenvalue weighted by molar-refractivity contribution is -0.274. The van der Waals surface area contributed by atoms with E-state index in [1.54, 1.807) is 6.92 Å². The molecular weight excluding hydrogens is 293 g/mol. The molecule has 4 nitrogen and oxygen atoms in total. The second kappa shape index (κ2) is 6.56. The fourth-order valence-electron chi connectivity index (χ4n) is 1.47. The Labute approximate surface area is 119 Å². The second-order valence-corrected chi connectivity index (χ2v) is 4.64. The van der Waals surface area contributed by atoms with Gasteiger partial charge in [-0.05, 0) is 31.2 Å². The lowest BCUT2D eigenvalue weighted by Crippen LogP contribution is -2.35. The molecule has 0 saturated carbocycles. The lowest BCUT2D eigenvalue weighted by atomic mass is 10.1. The van der Waals surface area contributed by atoms with Gasteiger partial charge in [0.15, 0.2) is 0 Å². The van der Waals surface area contributed by atoms with Crippen LogP contribution >= 0.6 is 12.2 Å². The third-order valence-corrected chi connectivity index (χ3v) is 2.40. The Bertz CT molecular complexity index is 488. The number of nitrogens with two attached hydrogens (primary N) is 1. The Kier molecular flexibility index (Phi) is 5.32. The predicted octanol–water partition coefficient (Wildman–Crippen LogP) is 2.38. The number of rotatable bonds is 5. The van der Waals surface area contributed by atoms with Crippen molar-refractivity contribution in [3.63, 3.8) is 0 Å². The number of hydrogen-bond acceptors (Lipinski definition) is 3. The maximum Gasteiger partial charge on any atom is 0.573 e. The zero-order valence-electron chi connectivity index (χ0n) is 10.5. The van der Waals surface area contributed by atoms with E-state index in [9.17, 15) is 18.0 Å². The third-order valence-electron chi connectivity index (χ3n) is 2.23. The van der Waals surface area contributed by atoms with E-state index in [1.165, 1.54) is 12.1 Å². The molecule has 20 heavy (non-hydrogen) atoms. The van der Waals surface area contributed by atoms with Crippen LogP contribution in [0.1, 0.15) is 23.7 Å². The van der Waals surface area contributed by atoms with Crippen LogP contribution in [0.5, 0.6) is 5.75 Å². The first-order valence-corrected chi connectivity index (χ1v) is 6.03. The van der Waals surface area contributed by atoms with Gasteiger partial charge in [-0.25, -0.2) is 0 Å². The number of nitrogens with one attached hydrogen (secondary N) is 1. The van der Waals surface area contributed by atoms with Gasteiger partial charge in [0.25, 0.3) is 5.91 Å². The molecule has 1 atom stereocenters. The largest absolute Gasteiger partial charge is 0.573 e. The monoisotopic (exact) mass is 306 g/mol. The summed E-state index contributed by atoms with van der Waals surface area (Å²) in [5, 5.41) is 2.63.